The number of hydrogen-bond acceptors (Lipinski definition) is 2. The normalized spacial score (nSPS) is 16.9. The minimum absolute atomic E-state index is 0.157. The number of carbonyl (C=O) groups excluding carboxylic acids is 1. The number of halogens is 2. The van der Waals surface area contributed by atoms with Crippen molar-refractivity contribution in [3.05, 3.63) is 33.8 Å². The van der Waals surface area contributed by atoms with E-state index in [9.17, 15) is 4.79 Å². The highest BCUT2D eigenvalue weighted by molar-refractivity contribution is 6.42. The summed E-state index contributed by atoms with van der Waals surface area (Å²) < 4.78 is 0. The monoisotopic (exact) mass is 302 g/mol. The lowest BCUT2D eigenvalue weighted by molar-refractivity contribution is 0.141. The molecule has 1 aromatic carbocycles. The largest absolute Gasteiger partial charge is 0.392 e. The quantitative estimate of drug-likeness (QED) is 0.901. The van der Waals surface area contributed by atoms with Crippen molar-refractivity contribution in [3.63, 3.8) is 0 Å². The standard InChI is InChI=1S/C13H16Cl2N2O2/c1-8(18)5-16-13(19)17-6-9(7-17)10-3-2-4-11(14)12(10)15/h2-4,8-9,18H,5-7H2,1H3,(H,16,19). The predicted octanol–water partition coefficient (Wildman–Crippen LogP) is 2.48. The molecule has 1 fully saturated rings. The fourth-order valence-electron chi connectivity index (χ4n) is 2.02. The summed E-state index contributed by atoms with van der Waals surface area (Å²) in [4.78, 5) is 13.4. The summed E-state index contributed by atoms with van der Waals surface area (Å²) in [6, 6.07) is 5.39. The third-order valence-corrected chi connectivity index (χ3v) is 3.97. The van der Waals surface area contributed by atoms with E-state index < -0.39 is 6.10 Å². The molecule has 0 spiro atoms. The summed E-state index contributed by atoms with van der Waals surface area (Å²) in [7, 11) is 0. The molecule has 0 aliphatic carbocycles. The summed E-state index contributed by atoms with van der Waals surface area (Å²) in [5, 5.41) is 12.9. The number of aliphatic hydroxyl groups is 1. The number of carbonyl (C=O) groups is 1. The molecule has 0 saturated carbocycles. The SMILES string of the molecule is CC(O)CNC(=O)N1CC(c2cccc(Cl)c2Cl)C1. The fraction of sp³-hybridized carbons (Fsp3) is 0.462. The maximum Gasteiger partial charge on any atom is 0.317 e. The van der Waals surface area contributed by atoms with E-state index >= 15 is 0 Å². The van der Waals surface area contributed by atoms with Gasteiger partial charge in [0.2, 0.25) is 0 Å². The second-order valence-corrected chi connectivity index (χ2v) is 5.57. The van der Waals surface area contributed by atoms with Crippen LogP contribution in [0.5, 0.6) is 0 Å². The Balaban J connectivity index is 1.89. The van der Waals surface area contributed by atoms with E-state index in [0.29, 0.717) is 23.1 Å². The minimum atomic E-state index is -0.539. The zero-order valence-corrected chi connectivity index (χ0v) is 12.1. The van der Waals surface area contributed by atoms with Gasteiger partial charge in [-0.25, -0.2) is 4.79 Å². The highest BCUT2D eigenvalue weighted by Crippen LogP contribution is 2.35. The molecule has 1 aromatic rings. The fourth-order valence-corrected chi connectivity index (χ4v) is 2.49. The number of nitrogens with zero attached hydrogens (tertiary/aromatic N) is 1. The lowest BCUT2D eigenvalue weighted by Crippen LogP contribution is -2.53. The van der Waals surface area contributed by atoms with Crippen molar-refractivity contribution in [2.24, 2.45) is 0 Å². The molecule has 4 nitrogen and oxygen atoms in total. The molecular formula is C13H16Cl2N2O2. The molecule has 104 valence electrons. The number of likely N-dealkylation sites (tertiary alicyclic amines) is 1. The first-order chi connectivity index (χ1) is 8.99. The van der Waals surface area contributed by atoms with Crippen LogP contribution in [-0.4, -0.2) is 41.8 Å². The van der Waals surface area contributed by atoms with E-state index in [1.807, 2.05) is 12.1 Å². The number of benzene rings is 1. The van der Waals surface area contributed by atoms with Gasteiger partial charge >= 0.3 is 6.03 Å². The molecule has 1 saturated heterocycles. The van der Waals surface area contributed by atoms with Crippen molar-refractivity contribution in [2.75, 3.05) is 19.6 Å². The van der Waals surface area contributed by atoms with E-state index in [-0.39, 0.29) is 18.5 Å². The first-order valence-electron chi connectivity index (χ1n) is 6.13. The average molecular weight is 303 g/mol. The molecule has 6 heteroatoms. The number of nitrogens with one attached hydrogen (secondary N) is 1. The van der Waals surface area contributed by atoms with Crippen LogP contribution in [0.25, 0.3) is 0 Å². The van der Waals surface area contributed by atoms with Gasteiger partial charge in [-0.2, -0.15) is 0 Å². The second kappa shape index (κ2) is 5.99. The van der Waals surface area contributed by atoms with Crippen LogP contribution in [-0.2, 0) is 0 Å². The van der Waals surface area contributed by atoms with Gasteiger partial charge < -0.3 is 15.3 Å². The van der Waals surface area contributed by atoms with Gasteiger partial charge in [0.25, 0.3) is 0 Å². The van der Waals surface area contributed by atoms with Crippen molar-refractivity contribution >= 4 is 29.2 Å². The molecule has 1 aliphatic rings. The minimum Gasteiger partial charge on any atom is -0.392 e. The van der Waals surface area contributed by atoms with Gasteiger partial charge in [-0.15, -0.1) is 0 Å². The molecule has 1 heterocycles. The zero-order valence-electron chi connectivity index (χ0n) is 10.6. The molecule has 2 amide bonds. The van der Waals surface area contributed by atoms with Crippen LogP contribution in [0.1, 0.15) is 18.4 Å². The molecule has 1 aliphatic heterocycles. The Morgan fingerprint density at radius 3 is 2.84 bits per heavy atom. The van der Waals surface area contributed by atoms with Crippen LogP contribution < -0.4 is 5.32 Å². The van der Waals surface area contributed by atoms with Gasteiger partial charge in [0.15, 0.2) is 0 Å². The smallest absolute Gasteiger partial charge is 0.317 e. The van der Waals surface area contributed by atoms with E-state index in [1.165, 1.54) is 0 Å². The van der Waals surface area contributed by atoms with E-state index in [1.54, 1.807) is 17.9 Å². The Morgan fingerprint density at radius 2 is 2.21 bits per heavy atom. The van der Waals surface area contributed by atoms with Crippen molar-refractivity contribution < 1.29 is 9.90 Å². The molecule has 2 N–H and O–H groups in total. The summed E-state index contributed by atoms with van der Waals surface area (Å²) in [5.74, 6) is 0.225. The van der Waals surface area contributed by atoms with Crippen molar-refractivity contribution in [2.45, 2.75) is 18.9 Å². The number of urea groups is 1. The van der Waals surface area contributed by atoms with Crippen LogP contribution in [0, 0.1) is 0 Å². The van der Waals surface area contributed by atoms with Crippen LogP contribution in [0.2, 0.25) is 10.0 Å². The van der Waals surface area contributed by atoms with Crippen molar-refractivity contribution in [3.8, 4) is 0 Å². The van der Waals surface area contributed by atoms with Gasteiger partial charge in [-0.1, -0.05) is 35.3 Å². The molecule has 0 aromatic heterocycles. The summed E-state index contributed by atoms with van der Waals surface area (Å²) in [6.07, 6.45) is -0.539. The molecule has 1 atom stereocenters. The van der Waals surface area contributed by atoms with Crippen LogP contribution >= 0.6 is 23.2 Å². The number of rotatable bonds is 3. The van der Waals surface area contributed by atoms with Crippen LogP contribution in [0.3, 0.4) is 0 Å². The lowest BCUT2D eigenvalue weighted by Gasteiger charge is -2.39. The Bertz CT molecular complexity index is 474. The van der Waals surface area contributed by atoms with Gasteiger partial charge in [-0.05, 0) is 18.6 Å². The highest BCUT2D eigenvalue weighted by atomic mass is 35.5. The van der Waals surface area contributed by atoms with Gasteiger partial charge in [0, 0.05) is 25.6 Å². The average Bonchev–Trinajstić information content (AvgIpc) is 2.30. The maximum atomic E-state index is 11.7. The van der Waals surface area contributed by atoms with Crippen molar-refractivity contribution in [1.82, 2.24) is 10.2 Å². The number of aliphatic hydroxyl groups excluding tert-OH is 1. The summed E-state index contributed by atoms with van der Waals surface area (Å²) in [5.41, 5.74) is 0.980. The van der Waals surface area contributed by atoms with Gasteiger partial charge in [-0.3, -0.25) is 0 Å². The molecule has 0 bridgehead atoms. The lowest BCUT2D eigenvalue weighted by atomic mass is 9.92. The first kappa shape index (κ1) is 14.4. The topological polar surface area (TPSA) is 52.6 Å². The summed E-state index contributed by atoms with van der Waals surface area (Å²) >= 11 is 12.1. The van der Waals surface area contributed by atoms with Gasteiger partial charge in [0.05, 0.1) is 16.1 Å². The first-order valence-corrected chi connectivity index (χ1v) is 6.89. The Hall–Kier alpha value is -0.970. The zero-order chi connectivity index (χ0) is 14.0. The van der Waals surface area contributed by atoms with E-state index in [2.05, 4.69) is 5.32 Å². The molecule has 1 unspecified atom stereocenters. The Morgan fingerprint density at radius 1 is 1.53 bits per heavy atom. The van der Waals surface area contributed by atoms with E-state index in [4.69, 9.17) is 28.3 Å². The van der Waals surface area contributed by atoms with Gasteiger partial charge in [0.1, 0.15) is 0 Å². The van der Waals surface area contributed by atoms with Crippen LogP contribution in [0.4, 0.5) is 4.79 Å². The Kier molecular flexibility index (Phi) is 4.55. The van der Waals surface area contributed by atoms with Crippen LogP contribution in [0.15, 0.2) is 18.2 Å². The predicted molar refractivity (Wildman–Crippen MR) is 75.9 cm³/mol. The second-order valence-electron chi connectivity index (χ2n) is 4.78. The molecule has 19 heavy (non-hydrogen) atoms. The third kappa shape index (κ3) is 3.32. The third-order valence-electron chi connectivity index (χ3n) is 3.14. The van der Waals surface area contributed by atoms with Crippen molar-refractivity contribution in [1.29, 1.82) is 0 Å². The van der Waals surface area contributed by atoms with E-state index in [0.717, 1.165) is 5.56 Å². The highest BCUT2D eigenvalue weighted by Gasteiger charge is 2.33. The Labute approximate surface area is 122 Å². The number of amides is 2. The molecular weight excluding hydrogens is 287 g/mol. The number of hydrogen-bond donors (Lipinski definition) is 2. The maximum absolute atomic E-state index is 11.7. The summed E-state index contributed by atoms with van der Waals surface area (Å²) in [6.45, 7) is 3.13. The molecule has 0 radical (unpaired) electrons. The molecule has 2 rings (SSSR count).